The summed E-state index contributed by atoms with van der Waals surface area (Å²) in [5.74, 6) is 0. The molecule has 2 aromatic heterocycles. The lowest BCUT2D eigenvalue weighted by Gasteiger charge is -2.30. The first kappa shape index (κ1) is 21.9. The summed E-state index contributed by atoms with van der Waals surface area (Å²) in [5.41, 5.74) is 2.73. The largest absolute Gasteiger partial charge is 0.376 e. The van der Waals surface area contributed by atoms with Crippen molar-refractivity contribution >= 4 is 45.7 Å². The van der Waals surface area contributed by atoms with Crippen molar-refractivity contribution in [3.8, 4) is 11.1 Å². The molecule has 1 N–H and O–H groups in total. The van der Waals surface area contributed by atoms with Gasteiger partial charge in [-0.25, -0.2) is 4.98 Å². The van der Waals surface area contributed by atoms with Crippen LogP contribution in [0.5, 0.6) is 0 Å². The summed E-state index contributed by atoms with van der Waals surface area (Å²) in [5, 5.41) is 14.3. The van der Waals surface area contributed by atoms with Crippen molar-refractivity contribution in [2.45, 2.75) is 5.60 Å². The van der Waals surface area contributed by atoms with Gasteiger partial charge in [0.25, 0.3) is 0 Å². The van der Waals surface area contributed by atoms with Crippen molar-refractivity contribution < 1.29 is 5.11 Å². The number of pyridine rings is 2. The molecule has 0 saturated heterocycles. The Hall–Kier alpha value is -2.95. The minimum Gasteiger partial charge on any atom is -0.376 e. The zero-order valence-corrected chi connectivity index (χ0v) is 19.5. The summed E-state index contributed by atoms with van der Waals surface area (Å²) < 4.78 is 0. The molecule has 0 aliphatic heterocycles. The van der Waals surface area contributed by atoms with Gasteiger partial charge in [0, 0.05) is 33.9 Å². The lowest BCUT2D eigenvalue weighted by molar-refractivity contribution is 0.125. The Morgan fingerprint density at radius 2 is 1.42 bits per heavy atom. The topological polar surface area (TPSA) is 46.0 Å². The Morgan fingerprint density at radius 1 is 0.667 bits per heavy atom. The van der Waals surface area contributed by atoms with E-state index in [9.17, 15) is 5.11 Å². The van der Waals surface area contributed by atoms with Gasteiger partial charge >= 0.3 is 0 Å². The van der Waals surface area contributed by atoms with Crippen LogP contribution in [0.2, 0.25) is 15.2 Å². The van der Waals surface area contributed by atoms with Gasteiger partial charge in [-0.3, -0.25) is 4.98 Å². The lowest BCUT2D eigenvalue weighted by atomic mass is 9.80. The van der Waals surface area contributed by atoms with Crippen LogP contribution in [0.1, 0.15) is 16.7 Å². The van der Waals surface area contributed by atoms with Crippen LogP contribution >= 0.6 is 34.8 Å². The standard InChI is InChI=1S/C27H17Cl3N2O/c28-21-8-4-7-18(13-21)27(33,20-10-12-25(29)32-15-20)19-9-11-24-22(14-19)26(30)23(16-31-24)17-5-2-1-3-6-17/h1-16,33H. The highest BCUT2D eigenvalue weighted by Gasteiger charge is 2.35. The third kappa shape index (κ3) is 3.98. The van der Waals surface area contributed by atoms with Gasteiger partial charge in [-0.2, -0.15) is 0 Å². The third-order valence-electron chi connectivity index (χ3n) is 5.69. The molecule has 0 aliphatic rings. The molecule has 1 unspecified atom stereocenters. The van der Waals surface area contributed by atoms with Gasteiger partial charge in [0.15, 0.2) is 0 Å². The second kappa shape index (κ2) is 8.77. The van der Waals surface area contributed by atoms with Crippen LogP contribution in [-0.2, 0) is 5.60 Å². The van der Waals surface area contributed by atoms with E-state index in [4.69, 9.17) is 34.8 Å². The highest BCUT2D eigenvalue weighted by molar-refractivity contribution is 6.38. The van der Waals surface area contributed by atoms with E-state index in [1.165, 1.54) is 0 Å². The first-order valence-electron chi connectivity index (χ1n) is 10.2. The van der Waals surface area contributed by atoms with Crippen LogP contribution in [0.25, 0.3) is 22.0 Å². The van der Waals surface area contributed by atoms with Crippen molar-refractivity contribution in [3.63, 3.8) is 0 Å². The second-order valence-corrected chi connectivity index (χ2v) is 8.88. The molecule has 1 atom stereocenters. The predicted molar refractivity (Wildman–Crippen MR) is 135 cm³/mol. The number of hydrogen-bond donors (Lipinski definition) is 1. The molecule has 3 aromatic carbocycles. The zero-order chi connectivity index (χ0) is 23.0. The van der Waals surface area contributed by atoms with E-state index in [-0.39, 0.29) is 0 Å². The van der Waals surface area contributed by atoms with E-state index in [2.05, 4.69) is 9.97 Å². The van der Waals surface area contributed by atoms with Crippen LogP contribution in [0, 0.1) is 0 Å². The Labute approximate surface area is 206 Å². The monoisotopic (exact) mass is 490 g/mol. The van der Waals surface area contributed by atoms with Crippen LogP contribution < -0.4 is 0 Å². The first-order valence-corrected chi connectivity index (χ1v) is 11.3. The second-order valence-electron chi connectivity index (χ2n) is 7.67. The normalized spacial score (nSPS) is 13.1. The van der Waals surface area contributed by atoms with Crippen LogP contribution in [0.15, 0.2) is 97.3 Å². The Morgan fingerprint density at radius 3 is 2.15 bits per heavy atom. The van der Waals surface area contributed by atoms with Gasteiger partial charge in [0.1, 0.15) is 10.8 Å². The molecule has 2 heterocycles. The van der Waals surface area contributed by atoms with Gasteiger partial charge < -0.3 is 5.11 Å². The fourth-order valence-corrected chi connectivity index (χ4v) is 4.62. The maximum atomic E-state index is 12.2. The molecule has 0 spiro atoms. The average Bonchev–Trinajstić information content (AvgIpc) is 2.85. The Bertz CT molecular complexity index is 1460. The predicted octanol–water partition coefficient (Wildman–Crippen LogP) is 7.54. The maximum Gasteiger partial charge on any atom is 0.142 e. The molecule has 5 rings (SSSR count). The number of aliphatic hydroxyl groups is 1. The van der Waals surface area contributed by atoms with E-state index < -0.39 is 5.60 Å². The molecule has 0 saturated carbocycles. The molecule has 0 aliphatic carbocycles. The molecule has 3 nitrogen and oxygen atoms in total. The van der Waals surface area contributed by atoms with Gasteiger partial charge in [-0.15, -0.1) is 0 Å². The van der Waals surface area contributed by atoms with Crippen molar-refractivity contribution in [2.75, 3.05) is 0 Å². The van der Waals surface area contributed by atoms with Gasteiger partial charge in [-0.05, 0) is 47.0 Å². The van der Waals surface area contributed by atoms with Gasteiger partial charge in [0.05, 0.1) is 10.5 Å². The van der Waals surface area contributed by atoms with Crippen LogP contribution in [0.3, 0.4) is 0 Å². The molecule has 0 fully saturated rings. The molecule has 33 heavy (non-hydrogen) atoms. The molecule has 162 valence electrons. The minimum atomic E-state index is -1.54. The highest BCUT2D eigenvalue weighted by atomic mass is 35.5. The smallest absolute Gasteiger partial charge is 0.142 e. The molecule has 5 aromatic rings. The van der Waals surface area contributed by atoms with Crippen molar-refractivity contribution in [2.24, 2.45) is 0 Å². The van der Waals surface area contributed by atoms with Gasteiger partial charge in [0.2, 0.25) is 0 Å². The number of benzene rings is 3. The van der Waals surface area contributed by atoms with Crippen LogP contribution in [0.4, 0.5) is 0 Å². The number of fused-ring (bicyclic) bond motifs is 1. The van der Waals surface area contributed by atoms with E-state index >= 15 is 0 Å². The minimum absolute atomic E-state index is 0.338. The van der Waals surface area contributed by atoms with Crippen molar-refractivity contribution in [1.82, 2.24) is 9.97 Å². The third-order valence-corrected chi connectivity index (χ3v) is 6.56. The number of rotatable bonds is 4. The lowest BCUT2D eigenvalue weighted by Crippen LogP contribution is -2.29. The van der Waals surface area contributed by atoms with E-state index in [0.717, 1.165) is 22.0 Å². The number of hydrogen-bond acceptors (Lipinski definition) is 3. The summed E-state index contributed by atoms with van der Waals surface area (Å²) >= 11 is 19.2. The van der Waals surface area contributed by atoms with Crippen molar-refractivity contribution in [1.29, 1.82) is 0 Å². The number of nitrogens with zero attached hydrogens (tertiary/aromatic N) is 2. The van der Waals surface area contributed by atoms with E-state index in [1.807, 2.05) is 54.6 Å². The number of halogens is 3. The fourth-order valence-electron chi connectivity index (χ4n) is 4.01. The fraction of sp³-hybridized carbons (Fsp3) is 0.0370. The zero-order valence-electron chi connectivity index (χ0n) is 17.2. The summed E-state index contributed by atoms with van der Waals surface area (Å²) in [6.07, 6.45) is 3.33. The molecule has 6 heteroatoms. The quantitative estimate of drug-likeness (QED) is 0.264. The number of aromatic nitrogens is 2. The van der Waals surface area contributed by atoms with E-state index in [0.29, 0.717) is 31.9 Å². The molecule has 0 bridgehead atoms. The molecule has 0 radical (unpaired) electrons. The van der Waals surface area contributed by atoms with E-state index in [1.54, 1.807) is 42.7 Å². The summed E-state index contributed by atoms with van der Waals surface area (Å²) in [4.78, 5) is 8.78. The SMILES string of the molecule is OC(c1ccc(Cl)nc1)(c1cccc(Cl)c1)c1ccc2ncc(-c3ccccc3)c(Cl)c2c1. The van der Waals surface area contributed by atoms with Gasteiger partial charge in [-0.1, -0.05) is 89.4 Å². The summed E-state index contributed by atoms with van der Waals surface area (Å²) in [6, 6.07) is 25.9. The molecular weight excluding hydrogens is 475 g/mol. The summed E-state index contributed by atoms with van der Waals surface area (Å²) in [7, 11) is 0. The average molecular weight is 492 g/mol. The van der Waals surface area contributed by atoms with Crippen LogP contribution in [-0.4, -0.2) is 15.1 Å². The maximum absolute atomic E-state index is 12.2. The van der Waals surface area contributed by atoms with Crippen molar-refractivity contribution in [3.05, 3.63) is 129 Å². The Balaban J connectivity index is 1.76. The Kier molecular flexibility index (Phi) is 5.81. The summed E-state index contributed by atoms with van der Waals surface area (Å²) in [6.45, 7) is 0. The molecular formula is C27H17Cl3N2O. The highest BCUT2D eigenvalue weighted by Crippen LogP contribution is 2.40. The first-order chi connectivity index (χ1) is 16.0. The molecule has 0 amide bonds.